The van der Waals surface area contributed by atoms with Gasteiger partial charge in [-0.1, -0.05) is 60.7 Å². The molecule has 384 valence electrons. The van der Waals surface area contributed by atoms with Gasteiger partial charge in [0.1, 0.15) is 5.60 Å². The molecular weight excluding hydrogens is 967 g/mol. The van der Waals surface area contributed by atoms with Crippen LogP contribution in [0, 0.1) is 0 Å². The molecule has 4 N–H and O–H groups in total. The zero-order chi connectivity index (χ0) is 51.6. The number of nitrogens with one attached hydrogen (secondary N) is 2. The van der Waals surface area contributed by atoms with Crippen molar-refractivity contribution in [2.24, 2.45) is 0 Å². The fraction of sp³-hybridized carbons (Fsp3) is 0.328. The molecule has 0 radical (unpaired) electrons. The lowest BCUT2D eigenvalue weighted by atomic mass is 9.93. The van der Waals surface area contributed by atoms with Gasteiger partial charge >= 0.3 is 6.09 Å². The van der Waals surface area contributed by atoms with Crippen molar-refractivity contribution in [1.82, 2.24) is 5.32 Å². The van der Waals surface area contributed by atoms with E-state index < -0.39 is 11.7 Å². The number of benzene rings is 6. The minimum atomic E-state index is -0.616. The van der Waals surface area contributed by atoms with Crippen molar-refractivity contribution in [3.8, 4) is 20.9 Å². The van der Waals surface area contributed by atoms with E-state index in [1.54, 1.807) is 22.7 Å². The summed E-state index contributed by atoms with van der Waals surface area (Å²) in [6.45, 7) is 11.9. The van der Waals surface area contributed by atoms with E-state index in [4.69, 9.17) is 10.5 Å². The van der Waals surface area contributed by atoms with Crippen molar-refractivity contribution in [1.29, 1.82) is 0 Å². The van der Waals surface area contributed by atoms with Gasteiger partial charge in [0, 0.05) is 95.7 Å². The standard InChI is InChI=1S/C35H38N2O3S.C29H29N3OS/c1-35(2,3)40-34(39)36-29-15-12-26(32-8-7-19-41-32)21-27(29)22-31(38)25-11-14-28-24(20-25)13-16-30(33(28)23-9-10-23)37-17-5-4-6-18-37;30-25-9-6-22(28-2-1-15-34-28)17-23(25)18-27(33)21-5-8-24-20(16-21)7-10-26(29(24)19-3-4-19)32-13-11-31-12-14-32/h7-8,11-16,19-21,23H,4-6,9-10,17-18,22H2,1-3H3,(H,36,39);1-2,5-10,15-17,19,31H,3-4,11-14,18,30H2. The van der Waals surface area contributed by atoms with Crippen molar-refractivity contribution in [3.05, 3.63) is 165 Å². The van der Waals surface area contributed by atoms with E-state index in [9.17, 15) is 14.4 Å². The van der Waals surface area contributed by atoms with Crippen molar-refractivity contribution < 1.29 is 19.1 Å². The van der Waals surface area contributed by atoms with Crippen LogP contribution in [0.2, 0.25) is 0 Å². The van der Waals surface area contributed by atoms with Gasteiger partial charge in [0.15, 0.2) is 11.6 Å². The third-order valence-electron chi connectivity index (χ3n) is 15.0. The Labute approximate surface area is 449 Å². The quantitative estimate of drug-likeness (QED) is 0.0772. The molecule has 2 aromatic heterocycles. The molecule has 0 bridgehead atoms. The summed E-state index contributed by atoms with van der Waals surface area (Å²) < 4.78 is 5.49. The van der Waals surface area contributed by atoms with Crippen molar-refractivity contribution in [2.45, 2.75) is 96.0 Å². The Balaban J connectivity index is 0.000000163. The summed E-state index contributed by atoms with van der Waals surface area (Å²) in [7, 11) is 0. The summed E-state index contributed by atoms with van der Waals surface area (Å²) in [6, 6.07) is 41.5. The predicted octanol–water partition coefficient (Wildman–Crippen LogP) is 15.1. The number of fused-ring (bicyclic) bond motifs is 2. The number of hydrogen-bond donors (Lipinski definition) is 3. The Kier molecular flexibility index (Phi) is 14.7. The second-order valence-electron chi connectivity index (χ2n) is 21.8. The second-order valence-corrected chi connectivity index (χ2v) is 23.7. The predicted molar refractivity (Wildman–Crippen MR) is 313 cm³/mol. The van der Waals surface area contributed by atoms with Crippen LogP contribution < -0.4 is 26.2 Å². The Hall–Kier alpha value is -6.79. The number of rotatable bonds is 13. The van der Waals surface area contributed by atoms with Gasteiger partial charge in [0.2, 0.25) is 0 Å². The van der Waals surface area contributed by atoms with Gasteiger partial charge in [-0.2, -0.15) is 0 Å². The molecule has 9 nitrogen and oxygen atoms in total. The van der Waals surface area contributed by atoms with Crippen molar-refractivity contribution >= 4 is 84.6 Å². The number of nitrogens with zero attached hydrogens (tertiary/aromatic N) is 2. The number of piperazine rings is 1. The molecule has 6 aromatic carbocycles. The number of carbonyl (C=O) groups excluding carboxylic acids is 3. The first-order chi connectivity index (χ1) is 36.4. The number of nitrogens with two attached hydrogens (primary N) is 1. The third kappa shape index (κ3) is 11.7. The van der Waals surface area contributed by atoms with E-state index in [0.29, 0.717) is 35.2 Å². The second kappa shape index (κ2) is 21.8. The van der Waals surface area contributed by atoms with Gasteiger partial charge in [0.25, 0.3) is 0 Å². The minimum Gasteiger partial charge on any atom is -0.444 e. The number of nitrogen functional groups attached to an aromatic ring is 1. The van der Waals surface area contributed by atoms with Crippen LogP contribution in [0.5, 0.6) is 0 Å². The number of Topliss-reactive ketones (excluding diaryl/α,β-unsaturated/α-hetero) is 2. The molecule has 1 amide bonds. The SMILES string of the molecule is CC(C)(C)OC(=O)Nc1ccc(-c2cccs2)cc1CC(=O)c1ccc2c(C3CC3)c(N3CCCCC3)ccc2c1.Nc1ccc(-c2cccs2)cc1CC(=O)c1ccc2c(C3CC3)c(N3CCNCC3)ccc2c1. The summed E-state index contributed by atoms with van der Waals surface area (Å²) in [5.41, 5.74) is 17.9. The fourth-order valence-electron chi connectivity index (χ4n) is 11.0. The van der Waals surface area contributed by atoms with Gasteiger partial charge in [-0.25, -0.2) is 4.79 Å². The number of anilines is 4. The van der Waals surface area contributed by atoms with Crippen LogP contribution in [0.4, 0.5) is 27.5 Å². The monoisotopic (exact) mass is 1030 g/mol. The maximum absolute atomic E-state index is 13.7. The van der Waals surface area contributed by atoms with Crippen molar-refractivity contribution in [3.63, 3.8) is 0 Å². The Bertz CT molecular complexity index is 3380. The summed E-state index contributed by atoms with van der Waals surface area (Å²) in [5, 5.41) is 15.3. The molecule has 0 unspecified atom stereocenters. The highest BCUT2D eigenvalue weighted by Crippen LogP contribution is 2.49. The molecule has 4 aliphatic rings. The van der Waals surface area contributed by atoms with Crippen LogP contribution in [0.15, 0.2) is 132 Å². The number of piperidine rings is 1. The highest BCUT2D eigenvalue weighted by Gasteiger charge is 2.32. The maximum atomic E-state index is 13.7. The summed E-state index contributed by atoms with van der Waals surface area (Å²) in [5.74, 6) is 1.40. The molecule has 11 heteroatoms. The first kappa shape index (κ1) is 50.4. The van der Waals surface area contributed by atoms with Crippen LogP contribution in [-0.4, -0.2) is 62.5 Å². The van der Waals surface area contributed by atoms with Gasteiger partial charge in [0.05, 0.1) is 0 Å². The lowest BCUT2D eigenvalue weighted by Gasteiger charge is -2.32. The molecule has 4 fully saturated rings. The zero-order valence-corrected chi connectivity index (χ0v) is 45.0. The van der Waals surface area contributed by atoms with E-state index in [2.05, 4.69) is 86.5 Å². The molecule has 12 rings (SSSR count). The highest BCUT2D eigenvalue weighted by molar-refractivity contribution is 7.13. The van der Waals surface area contributed by atoms with Gasteiger partial charge in [-0.15, -0.1) is 22.7 Å². The molecule has 2 aliphatic carbocycles. The van der Waals surface area contributed by atoms with E-state index in [0.717, 1.165) is 82.7 Å². The van der Waals surface area contributed by atoms with Crippen LogP contribution in [0.1, 0.15) is 121 Å². The number of amides is 1. The van der Waals surface area contributed by atoms with Crippen LogP contribution >= 0.6 is 22.7 Å². The lowest BCUT2D eigenvalue weighted by molar-refractivity contribution is 0.0635. The van der Waals surface area contributed by atoms with Gasteiger partial charge in [-0.3, -0.25) is 14.9 Å². The molecule has 0 spiro atoms. The summed E-state index contributed by atoms with van der Waals surface area (Å²) in [4.78, 5) is 47.0. The topological polar surface area (TPSA) is 117 Å². The Morgan fingerprint density at radius 1 is 0.613 bits per heavy atom. The van der Waals surface area contributed by atoms with Crippen LogP contribution in [0.3, 0.4) is 0 Å². The number of thiophene rings is 2. The molecule has 2 aliphatic heterocycles. The van der Waals surface area contributed by atoms with Crippen molar-refractivity contribution in [2.75, 3.05) is 60.1 Å². The number of carbonyl (C=O) groups is 3. The normalized spacial score (nSPS) is 15.9. The summed E-state index contributed by atoms with van der Waals surface area (Å²) in [6.07, 6.45) is 8.81. The number of ketones is 2. The molecule has 2 saturated carbocycles. The first-order valence-electron chi connectivity index (χ1n) is 26.9. The largest absolute Gasteiger partial charge is 0.444 e. The van der Waals surface area contributed by atoms with Crippen LogP contribution in [0.25, 0.3) is 42.4 Å². The lowest BCUT2D eigenvalue weighted by Crippen LogP contribution is -2.43. The van der Waals surface area contributed by atoms with Crippen LogP contribution in [-0.2, 0) is 17.6 Å². The summed E-state index contributed by atoms with van der Waals surface area (Å²) >= 11 is 3.34. The average Bonchev–Trinajstić information content (AvgIpc) is 4.33. The number of hydrogen-bond acceptors (Lipinski definition) is 10. The van der Waals surface area contributed by atoms with E-state index in [-0.39, 0.29) is 18.0 Å². The fourth-order valence-corrected chi connectivity index (χ4v) is 12.5. The first-order valence-corrected chi connectivity index (χ1v) is 28.7. The smallest absolute Gasteiger partial charge is 0.412 e. The molecular formula is C64H67N5O4S2. The van der Waals surface area contributed by atoms with E-state index in [1.165, 1.54) is 83.1 Å². The molecule has 0 atom stereocenters. The molecule has 8 aromatic rings. The third-order valence-corrected chi connectivity index (χ3v) is 16.9. The molecule has 4 heterocycles. The molecule has 2 saturated heterocycles. The zero-order valence-electron chi connectivity index (χ0n) is 43.4. The number of ether oxygens (including phenoxy) is 1. The highest BCUT2D eigenvalue weighted by atomic mass is 32.1. The van der Waals surface area contributed by atoms with Gasteiger partial charge in [-0.05, 0) is 204 Å². The van der Waals surface area contributed by atoms with E-state index in [1.807, 2.05) is 86.8 Å². The Morgan fingerprint density at radius 3 is 1.65 bits per heavy atom. The Morgan fingerprint density at radius 2 is 1.13 bits per heavy atom. The minimum absolute atomic E-state index is 0.0237. The molecule has 75 heavy (non-hydrogen) atoms. The van der Waals surface area contributed by atoms with Gasteiger partial charge < -0.3 is 25.6 Å². The average molecular weight is 1030 g/mol. The van der Waals surface area contributed by atoms with E-state index >= 15 is 0 Å². The maximum Gasteiger partial charge on any atom is 0.412 e.